The first-order chi connectivity index (χ1) is 12.9. The summed E-state index contributed by atoms with van der Waals surface area (Å²) in [7, 11) is 0. The minimum atomic E-state index is -0.437. The van der Waals surface area contributed by atoms with Crippen LogP contribution in [0.4, 0.5) is 21.7 Å². The van der Waals surface area contributed by atoms with Gasteiger partial charge in [-0.05, 0) is 56.3 Å². The van der Waals surface area contributed by atoms with Crippen molar-refractivity contribution in [2.24, 2.45) is 0 Å². The van der Waals surface area contributed by atoms with Crippen LogP contribution in [-0.2, 0) is 0 Å². The predicted molar refractivity (Wildman–Crippen MR) is 101 cm³/mol. The fourth-order valence-corrected chi connectivity index (χ4v) is 2.41. The quantitative estimate of drug-likeness (QED) is 0.665. The number of aromatic nitrogens is 2. The normalized spacial score (nSPS) is 10.3. The Hall–Kier alpha value is -3.61. The second-order valence-electron chi connectivity index (χ2n) is 5.94. The molecule has 7 heteroatoms. The molecule has 6 nitrogen and oxygen atoms in total. The molecule has 3 aromatic rings. The number of benzene rings is 2. The van der Waals surface area contributed by atoms with E-state index in [0.717, 1.165) is 0 Å². The fraction of sp³-hybridized carbons (Fsp3) is 0.100. The molecule has 2 N–H and O–H groups in total. The average molecular weight is 364 g/mol. The smallest absolute Gasteiger partial charge is 0.274 e. The van der Waals surface area contributed by atoms with Crippen LogP contribution in [0.25, 0.3) is 0 Å². The molecule has 0 aliphatic rings. The van der Waals surface area contributed by atoms with Gasteiger partial charge in [-0.3, -0.25) is 9.59 Å². The molecule has 27 heavy (non-hydrogen) atoms. The number of Topliss-reactive ketones (excluding diaryl/α,β-unsaturated/α-hetero) is 1. The molecule has 136 valence electrons. The van der Waals surface area contributed by atoms with Crippen molar-refractivity contribution >= 4 is 29.0 Å². The second kappa shape index (κ2) is 7.74. The molecule has 0 saturated heterocycles. The van der Waals surface area contributed by atoms with Crippen LogP contribution >= 0.6 is 0 Å². The van der Waals surface area contributed by atoms with Gasteiger partial charge >= 0.3 is 0 Å². The van der Waals surface area contributed by atoms with Gasteiger partial charge in [0.1, 0.15) is 11.5 Å². The molecule has 2 aromatic carbocycles. The lowest BCUT2D eigenvalue weighted by atomic mass is 10.1. The largest absolute Gasteiger partial charge is 0.324 e. The van der Waals surface area contributed by atoms with E-state index in [9.17, 15) is 14.0 Å². The molecule has 0 bridgehead atoms. The van der Waals surface area contributed by atoms with Crippen molar-refractivity contribution < 1.29 is 14.0 Å². The van der Waals surface area contributed by atoms with Crippen LogP contribution in [0.2, 0.25) is 0 Å². The molecule has 0 atom stereocenters. The molecule has 0 unspecified atom stereocenters. The number of nitrogens with one attached hydrogen (secondary N) is 2. The van der Waals surface area contributed by atoms with E-state index in [0.29, 0.717) is 22.6 Å². The summed E-state index contributed by atoms with van der Waals surface area (Å²) in [6, 6.07) is 13.9. The van der Waals surface area contributed by atoms with E-state index in [1.807, 2.05) is 0 Å². The number of anilines is 3. The lowest BCUT2D eigenvalue weighted by Gasteiger charge is -2.09. The molecule has 0 radical (unpaired) electrons. The Bertz CT molecular complexity index is 1000. The number of halogens is 1. The summed E-state index contributed by atoms with van der Waals surface area (Å²) in [6.07, 6.45) is 0. The van der Waals surface area contributed by atoms with Gasteiger partial charge in [0, 0.05) is 22.6 Å². The number of amides is 1. The highest BCUT2D eigenvalue weighted by Crippen LogP contribution is 2.17. The SMILES string of the molecule is CC(=O)c1cccc(Nc2nc(C)cc(C(=O)Nc3ccc(F)cc3)n2)c1. The van der Waals surface area contributed by atoms with Gasteiger partial charge in [0.2, 0.25) is 5.95 Å². The Morgan fingerprint density at radius 3 is 2.41 bits per heavy atom. The molecule has 0 fully saturated rings. The Morgan fingerprint density at radius 2 is 1.70 bits per heavy atom. The molecular formula is C20H17FN4O2. The van der Waals surface area contributed by atoms with Crippen LogP contribution in [0.15, 0.2) is 54.6 Å². The van der Waals surface area contributed by atoms with Gasteiger partial charge in [-0.2, -0.15) is 0 Å². The standard InChI is InChI=1S/C20H17FN4O2/c1-12-10-18(19(27)23-16-8-6-15(21)7-9-16)25-20(22-12)24-17-5-3-4-14(11-17)13(2)26/h3-11H,1-2H3,(H,23,27)(H,22,24,25). The van der Waals surface area contributed by atoms with E-state index in [4.69, 9.17) is 0 Å². The van der Waals surface area contributed by atoms with Gasteiger partial charge in [0.05, 0.1) is 0 Å². The lowest BCUT2D eigenvalue weighted by Crippen LogP contribution is -2.15. The van der Waals surface area contributed by atoms with Gasteiger partial charge in [-0.25, -0.2) is 14.4 Å². The van der Waals surface area contributed by atoms with Gasteiger partial charge < -0.3 is 10.6 Å². The molecule has 1 amide bonds. The van der Waals surface area contributed by atoms with Crippen LogP contribution in [0, 0.1) is 12.7 Å². The van der Waals surface area contributed by atoms with Crippen molar-refractivity contribution in [2.45, 2.75) is 13.8 Å². The van der Waals surface area contributed by atoms with Gasteiger partial charge in [-0.15, -0.1) is 0 Å². The van der Waals surface area contributed by atoms with Crippen molar-refractivity contribution in [3.63, 3.8) is 0 Å². The predicted octanol–water partition coefficient (Wildman–Crippen LogP) is 4.12. The van der Waals surface area contributed by atoms with Crippen molar-refractivity contribution in [1.29, 1.82) is 0 Å². The Kier molecular flexibility index (Phi) is 5.21. The number of hydrogen-bond donors (Lipinski definition) is 2. The van der Waals surface area contributed by atoms with Crippen LogP contribution in [0.3, 0.4) is 0 Å². The monoisotopic (exact) mass is 364 g/mol. The number of aryl methyl sites for hydroxylation is 1. The number of nitrogens with zero attached hydrogens (tertiary/aromatic N) is 2. The maximum Gasteiger partial charge on any atom is 0.274 e. The molecule has 0 saturated carbocycles. The maximum absolute atomic E-state index is 13.0. The number of rotatable bonds is 5. The summed E-state index contributed by atoms with van der Waals surface area (Å²) in [5, 5.41) is 5.66. The first-order valence-electron chi connectivity index (χ1n) is 8.21. The van der Waals surface area contributed by atoms with Crippen molar-refractivity contribution in [3.05, 3.63) is 77.4 Å². The molecule has 0 aliphatic heterocycles. The minimum absolute atomic E-state index is 0.0526. The van der Waals surface area contributed by atoms with Gasteiger partial charge in [0.25, 0.3) is 5.91 Å². The fourth-order valence-electron chi connectivity index (χ4n) is 2.41. The lowest BCUT2D eigenvalue weighted by molar-refractivity contribution is 0.101. The van der Waals surface area contributed by atoms with E-state index < -0.39 is 5.91 Å². The zero-order chi connectivity index (χ0) is 19.4. The zero-order valence-electron chi connectivity index (χ0n) is 14.8. The Labute approximate surface area is 155 Å². The van der Waals surface area contributed by atoms with E-state index >= 15 is 0 Å². The molecule has 3 rings (SSSR count). The highest BCUT2D eigenvalue weighted by Gasteiger charge is 2.12. The van der Waals surface area contributed by atoms with Crippen LogP contribution in [0.5, 0.6) is 0 Å². The van der Waals surface area contributed by atoms with E-state index in [1.54, 1.807) is 37.3 Å². The number of ketones is 1. The summed E-state index contributed by atoms with van der Waals surface area (Å²) in [5.74, 6) is -0.638. The van der Waals surface area contributed by atoms with E-state index in [2.05, 4.69) is 20.6 Å². The summed E-state index contributed by atoms with van der Waals surface area (Å²) >= 11 is 0. The van der Waals surface area contributed by atoms with E-state index in [-0.39, 0.29) is 23.2 Å². The topological polar surface area (TPSA) is 84.0 Å². The third kappa shape index (κ3) is 4.72. The molecule has 0 spiro atoms. The maximum atomic E-state index is 13.0. The summed E-state index contributed by atoms with van der Waals surface area (Å²) < 4.78 is 13.0. The highest BCUT2D eigenvalue weighted by atomic mass is 19.1. The van der Waals surface area contributed by atoms with Crippen molar-refractivity contribution in [3.8, 4) is 0 Å². The number of carbonyl (C=O) groups is 2. The highest BCUT2D eigenvalue weighted by molar-refractivity contribution is 6.03. The summed E-state index contributed by atoms with van der Waals surface area (Å²) in [4.78, 5) is 32.4. The van der Waals surface area contributed by atoms with E-state index in [1.165, 1.54) is 31.2 Å². The van der Waals surface area contributed by atoms with Crippen molar-refractivity contribution in [2.75, 3.05) is 10.6 Å². The minimum Gasteiger partial charge on any atom is -0.324 e. The second-order valence-corrected chi connectivity index (χ2v) is 5.94. The van der Waals surface area contributed by atoms with Crippen molar-refractivity contribution in [1.82, 2.24) is 9.97 Å². The van der Waals surface area contributed by atoms with Gasteiger partial charge in [-0.1, -0.05) is 12.1 Å². The Morgan fingerprint density at radius 1 is 0.963 bits per heavy atom. The summed E-state index contributed by atoms with van der Waals surface area (Å²) in [6.45, 7) is 3.23. The molecule has 0 aliphatic carbocycles. The number of hydrogen-bond acceptors (Lipinski definition) is 5. The van der Waals surface area contributed by atoms with Crippen LogP contribution in [0.1, 0.15) is 33.5 Å². The first-order valence-corrected chi connectivity index (χ1v) is 8.21. The summed E-state index contributed by atoms with van der Waals surface area (Å²) in [5.41, 5.74) is 2.41. The third-order valence-corrected chi connectivity index (χ3v) is 3.71. The molecule has 1 heterocycles. The van der Waals surface area contributed by atoms with Crippen LogP contribution in [-0.4, -0.2) is 21.7 Å². The molecule has 1 aromatic heterocycles. The Balaban J connectivity index is 1.81. The first kappa shape index (κ1) is 18.2. The van der Waals surface area contributed by atoms with Gasteiger partial charge in [0.15, 0.2) is 5.78 Å². The number of carbonyl (C=O) groups excluding carboxylic acids is 2. The van der Waals surface area contributed by atoms with Crippen LogP contribution < -0.4 is 10.6 Å². The third-order valence-electron chi connectivity index (χ3n) is 3.71. The zero-order valence-corrected chi connectivity index (χ0v) is 14.8. The average Bonchev–Trinajstić information content (AvgIpc) is 2.63. The molecular weight excluding hydrogens is 347 g/mol.